The van der Waals surface area contributed by atoms with Crippen molar-refractivity contribution < 1.29 is 14.3 Å². The highest BCUT2D eigenvalue weighted by atomic mass is 16.5. The van der Waals surface area contributed by atoms with Crippen LogP contribution in [0.1, 0.15) is 35.9 Å². The highest BCUT2D eigenvalue weighted by Gasteiger charge is 2.33. The van der Waals surface area contributed by atoms with Crippen LogP contribution in [0, 0.1) is 5.92 Å². The van der Waals surface area contributed by atoms with Crippen LogP contribution in [0.4, 0.5) is 0 Å². The molecule has 0 spiro atoms. The largest absolute Gasteiger partial charge is 0.497 e. The van der Waals surface area contributed by atoms with Crippen LogP contribution in [-0.2, 0) is 4.74 Å². The maximum atomic E-state index is 11.5. The molecule has 0 bridgehead atoms. The Morgan fingerprint density at radius 3 is 2.73 bits per heavy atom. The van der Waals surface area contributed by atoms with E-state index in [0.29, 0.717) is 5.56 Å². The zero-order valence-corrected chi connectivity index (χ0v) is 9.11. The standard InChI is InChI=1S/C12H14O3/c1-7(2)11-10-6-8(14-3)4-5-9(10)12(13)15-11/h4-7,11H,1-3H3. The van der Waals surface area contributed by atoms with Crippen LogP contribution in [0.25, 0.3) is 0 Å². The molecule has 2 rings (SSSR count). The van der Waals surface area contributed by atoms with Crippen LogP contribution in [0.2, 0.25) is 0 Å². The third kappa shape index (κ3) is 1.58. The van der Waals surface area contributed by atoms with Gasteiger partial charge >= 0.3 is 5.97 Å². The molecule has 0 aliphatic carbocycles. The van der Waals surface area contributed by atoms with E-state index in [-0.39, 0.29) is 18.0 Å². The Bertz CT molecular complexity index is 396. The van der Waals surface area contributed by atoms with Crippen molar-refractivity contribution >= 4 is 5.97 Å². The molecule has 1 aromatic rings. The van der Waals surface area contributed by atoms with Crippen molar-refractivity contribution in [2.24, 2.45) is 5.92 Å². The molecule has 1 unspecified atom stereocenters. The number of hydrogen-bond acceptors (Lipinski definition) is 3. The third-order valence-corrected chi connectivity index (χ3v) is 2.62. The Morgan fingerprint density at radius 2 is 2.13 bits per heavy atom. The van der Waals surface area contributed by atoms with Gasteiger partial charge in [-0.3, -0.25) is 0 Å². The molecule has 0 saturated carbocycles. The number of carbonyl (C=O) groups is 1. The van der Waals surface area contributed by atoms with Crippen molar-refractivity contribution in [2.45, 2.75) is 20.0 Å². The molecule has 80 valence electrons. The summed E-state index contributed by atoms with van der Waals surface area (Å²) in [4.78, 5) is 11.5. The normalized spacial score (nSPS) is 18.9. The summed E-state index contributed by atoms with van der Waals surface area (Å²) in [6.45, 7) is 4.07. The van der Waals surface area contributed by atoms with Crippen molar-refractivity contribution in [3.8, 4) is 5.75 Å². The van der Waals surface area contributed by atoms with E-state index >= 15 is 0 Å². The van der Waals surface area contributed by atoms with Gasteiger partial charge in [0.15, 0.2) is 0 Å². The molecule has 0 amide bonds. The molecular weight excluding hydrogens is 192 g/mol. The summed E-state index contributed by atoms with van der Waals surface area (Å²) in [5.74, 6) is 0.811. The van der Waals surface area contributed by atoms with E-state index in [1.807, 2.05) is 19.9 Å². The number of benzene rings is 1. The summed E-state index contributed by atoms with van der Waals surface area (Å²) in [5.41, 5.74) is 1.60. The lowest BCUT2D eigenvalue weighted by Crippen LogP contribution is -2.05. The molecule has 1 aliphatic rings. The second kappa shape index (κ2) is 3.57. The Labute approximate surface area is 89.0 Å². The van der Waals surface area contributed by atoms with Crippen LogP contribution >= 0.6 is 0 Å². The molecule has 1 aliphatic heterocycles. The number of rotatable bonds is 2. The number of hydrogen-bond donors (Lipinski definition) is 0. The summed E-state index contributed by atoms with van der Waals surface area (Å²) in [6, 6.07) is 5.42. The van der Waals surface area contributed by atoms with Gasteiger partial charge in [0.05, 0.1) is 12.7 Å². The molecule has 1 atom stereocenters. The van der Waals surface area contributed by atoms with Gasteiger partial charge in [-0.05, 0) is 24.1 Å². The first kappa shape index (κ1) is 10.0. The van der Waals surface area contributed by atoms with Gasteiger partial charge in [-0.2, -0.15) is 0 Å². The van der Waals surface area contributed by atoms with Gasteiger partial charge in [-0.15, -0.1) is 0 Å². The summed E-state index contributed by atoms with van der Waals surface area (Å²) < 4.78 is 10.4. The zero-order chi connectivity index (χ0) is 11.0. The van der Waals surface area contributed by atoms with Crippen LogP contribution in [0.3, 0.4) is 0 Å². The van der Waals surface area contributed by atoms with Gasteiger partial charge in [-0.1, -0.05) is 13.8 Å². The van der Waals surface area contributed by atoms with Crippen molar-refractivity contribution in [3.63, 3.8) is 0 Å². The maximum absolute atomic E-state index is 11.5. The van der Waals surface area contributed by atoms with Gasteiger partial charge in [0.25, 0.3) is 0 Å². The topological polar surface area (TPSA) is 35.5 Å². The highest BCUT2D eigenvalue weighted by molar-refractivity contribution is 5.94. The average Bonchev–Trinajstić information content (AvgIpc) is 2.56. The summed E-state index contributed by atoms with van der Waals surface area (Å²) >= 11 is 0. The minimum Gasteiger partial charge on any atom is -0.497 e. The van der Waals surface area contributed by atoms with Crippen molar-refractivity contribution in [2.75, 3.05) is 7.11 Å². The summed E-state index contributed by atoms with van der Waals surface area (Å²) in [5, 5.41) is 0. The van der Waals surface area contributed by atoms with E-state index in [2.05, 4.69) is 0 Å². The number of esters is 1. The molecule has 0 radical (unpaired) electrons. The molecule has 0 N–H and O–H groups in total. The van der Waals surface area contributed by atoms with Gasteiger partial charge < -0.3 is 9.47 Å². The van der Waals surface area contributed by atoms with E-state index < -0.39 is 0 Å². The van der Waals surface area contributed by atoms with E-state index in [1.165, 1.54) is 0 Å². The molecule has 1 aromatic carbocycles. The fraction of sp³-hybridized carbons (Fsp3) is 0.417. The minimum atomic E-state index is -0.230. The van der Waals surface area contributed by atoms with E-state index in [0.717, 1.165) is 11.3 Å². The molecule has 1 heterocycles. The van der Waals surface area contributed by atoms with Crippen LogP contribution in [0.15, 0.2) is 18.2 Å². The smallest absolute Gasteiger partial charge is 0.339 e. The lowest BCUT2D eigenvalue weighted by atomic mass is 9.97. The van der Waals surface area contributed by atoms with Crippen molar-refractivity contribution in [1.29, 1.82) is 0 Å². The van der Waals surface area contributed by atoms with Gasteiger partial charge in [0, 0.05) is 5.56 Å². The molecule has 3 nitrogen and oxygen atoms in total. The van der Waals surface area contributed by atoms with Crippen LogP contribution in [-0.4, -0.2) is 13.1 Å². The second-order valence-corrected chi connectivity index (χ2v) is 4.02. The lowest BCUT2D eigenvalue weighted by molar-refractivity contribution is 0.0280. The average molecular weight is 206 g/mol. The molecule has 15 heavy (non-hydrogen) atoms. The van der Waals surface area contributed by atoms with Gasteiger partial charge in [0.1, 0.15) is 11.9 Å². The van der Waals surface area contributed by atoms with Gasteiger partial charge in [0.2, 0.25) is 0 Å². The number of ether oxygens (including phenoxy) is 2. The molecule has 0 saturated heterocycles. The predicted octanol–water partition coefficient (Wildman–Crippen LogP) is 2.56. The number of carbonyl (C=O) groups excluding carboxylic acids is 1. The third-order valence-electron chi connectivity index (χ3n) is 2.62. The highest BCUT2D eigenvalue weighted by Crippen LogP contribution is 2.37. The Balaban J connectivity index is 2.47. The first-order valence-electron chi connectivity index (χ1n) is 5.02. The summed E-state index contributed by atoms with van der Waals surface area (Å²) in [6.07, 6.45) is -0.136. The van der Waals surface area contributed by atoms with Crippen LogP contribution < -0.4 is 4.74 Å². The maximum Gasteiger partial charge on any atom is 0.339 e. The monoisotopic (exact) mass is 206 g/mol. The van der Waals surface area contributed by atoms with E-state index in [9.17, 15) is 4.79 Å². The zero-order valence-electron chi connectivity index (χ0n) is 9.11. The van der Waals surface area contributed by atoms with E-state index in [4.69, 9.17) is 9.47 Å². The molecule has 3 heteroatoms. The number of fused-ring (bicyclic) bond motifs is 1. The number of methoxy groups -OCH3 is 1. The molecular formula is C12H14O3. The quantitative estimate of drug-likeness (QED) is 0.697. The first-order valence-corrected chi connectivity index (χ1v) is 5.02. The molecule has 0 aromatic heterocycles. The fourth-order valence-electron chi connectivity index (χ4n) is 1.83. The Kier molecular flexibility index (Phi) is 2.39. The molecule has 0 fully saturated rings. The first-order chi connectivity index (χ1) is 7.13. The predicted molar refractivity (Wildman–Crippen MR) is 56.0 cm³/mol. The van der Waals surface area contributed by atoms with Crippen molar-refractivity contribution in [1.82, 2.24) is 0 Å². The fourth-order valence-corrected chi connectivity index (χ4v) is 1.83. The van der Waals surface area contributed by atoms with Crippen molar-refractivity contribution in [3.05, 3.63) is 29.3 Å². The Morgan fingerprint density at radius 1 is 1.40 bits per heavy atom. The van der Waals surface area contributed by atoms with Crippen LogP contribution in [0.5, 0.6) is 5.75 Å². The number of cyclic esters (lactones) is 1. The summed E-state index contributed by atoms with van der Waals surface area (Å²) in [7, 11) is 1.61. The lowest BCUT2D eigenvalue weighted by Gasteiger charge is -2.14. The van der Waals surface area contributed by atoms with E-state index in [1.54, 1.807) is 19.2 Å². The SMILES string of the molecule is COc1ccc2c(c1)C(C(C)C)OC2=O. The second-order valence-electron chi connectivity index (χ2n) is 4.02. The minimum absolute atomic E-state index is 0.136. The Hall–Kier alpha value is -1.51. The van der Waals surface area contributed by atoms with Gasteiger partial charge in [-0.25, -0.2) is 4.79 Å².